The highest BCUT2D eigenvalue weighted by Gasteiger charge is 1.96. The topological polar surface area (TPSA) is 27.1 Å². The van der Waals surface area contributed by atoms with Gasteiger partial charge in [0.1, 0.15) is 5.75 Å². The molecule has 1 aromatic carbocycles. The highest BCUT2D eigenvalue weighted by Crippen LogP contribution is 2.16. The summed E-state index contributed by atoms with van der Waals surface area (Å²) in [7, 11) is 0. The lowest BCUT2D eigenvalue weighted by Gasteiger charge is -2.04. The van der Waals surface area contributed by atoms with Crippen LogP contribution >= 0.6 is 12.0 Å². The molecule has 0 amide bonds. The highest BCUT2D eigenvalue weighted by molar-refractivity contribution is 7.94. The van der Waals surface area contributed by atoms with E-state index >= 15 is 0 Å². The van der Waals surface area contributed by atoms with Gasteiger partial charge in [-0.2, -0.15) is 5.10 Å². The van der Waals surface area contributed by atoms with Crippen molar-refractivity contribution < 1.29 is 4.18 Å². The fraction of sp³-hybridized carbons (Fsp3) is 0.182. The van der Waals surface area contributed by atoms with Gasteiger partial charge in [-0.1, -0.05) is 12.1 Å². The number of aromatic nitrogens is 2. The minimum atomic E-state index is 0.798. The standard InChI is InChI=1S/C11H12N2OS/c1-15-14-11-5-3-10(4-6-11)9-13-8-2-7-12-13/h2-8H,9H2,1H3. The molecule has 0 bridgehead atoms. The summed E-state index contributed by atoms with van der Waals surface area (Å²) in [5, 5.41) is 4.15. The maximum atomic E-state index is 5.29. The van der Waals surface area contributed by atoms with E-state index in [-0.39, 0.29) is 0 Å². The molecule has 4 heteroatoms. The third kappa shape index (κ3) is 2.76. The number of rotatable bonds is 4. The lowest BCUT2D eigenvalue weighted by molar-refractivity contribution is 0.646. The molecule has 0 atom stereocenters. The fourth-order valence-electron chi connectivity index (χ4n) is 1.33. The molecule has 78 valence electrons. The van der Waals surface area contributed by atoms with Crippen LogP contribution in [-0.2, 0) is 6.54 Å². The van der Waals surface area contributed by atoms with Gasteiger partial charge in [0.05, 0.1) is 18.6 Å². The van der Waals surface area contributed by atoms with Crippen molar-refractivity contribution in [3.8, 4) is 5.75 Å². The number of hydrogen-bond acceptors (Lipinski definition) is 3. The minimum absolute atomic E-state index is 0.798. The zero-order chi connectivity index (χ0) is 10.5. The molecular formula is C11H12N2OS. The van der Waals surface area contributed by atoms with Crippen molar-refractivity contribution in [1.29, 1.82) is 0 Å². The Morgan fingerprint density at radius 1 is 1.33 bits per heavy atom. The molecule has 0 saturated heterocycles. The van der Waals surface area contributed by atoms with Crippen LogP contribution in [0.4, 0.5) is 0 Å². The van der Waals surface area contributed by atoms with Gasteiger partial charge in [0.25, 0.3) is 0 Å². The van der Waals surface area contributed by atoms with Crippen molar-refractivity contribution in [3.05, 3.63) is 48.3 Å². The molecule has 1 aromatic heterocycles. The van der Waals surface area contributed by atoms with Gasteiger partial charge in [-0.15, -0.1) is 0 Å². The Hall–Kier alpha value is -1.42. The van der Waals surface area contributed by atoms with Crippen LogP contribution < -0.4 is 4.18 Å². The van der Waals surface area contributed by atoms with Crippen LogP contribution in [0.25, 0.3) is 0 Å². The second-order valence-corrected chi connectivity index (χ2v) is 3.60. The van der Waals surface area contributed by atoms with E-state index < -0.39 is 0 Å². The summed E-state index contributed by atoms with van der Waals surface area (Å²) in [5.74, 6) is 0.881. The van der Waals surface area contributed by atoms with Crippen LogP contribution in [0, 0.1) is 0 Å². The van der Waals surface area contributed by atoms with E-state index in [1.807, 2.05) is 47.5 Å². The molecule has 1 heterocycles. The Kier molecular flexibility index (Phi) is 3.29. The van der Waals surface area contributed by atoms with E-state index in [1.54, 1.807) is 6.20 Å². The predicted molar refractivity (Wildman–Crippen MR) is 61.9 cm³/mol. The molecule has 0 fully saturated rings. The summed E-state index contributed by atoms with van der Waals surface area (Å²) < 4.78 is 7.18. The van der Waals surface area contributed by atoms with Crippen molar-refractivity contribution in [2.24, 2.45) is 0 Å². The molecule has 0 saturated carbocycles. The molecule has 0 spiro atoms. The summed E-state index contributed by atoms with van der Waals surface area (Å²) in [6, 6.07) is 9.95. The lowest BCUT2D eigenvalue weighted by atomic mass is 10.2. The molecule has 0 aliphatic heterocycles. The van der Waals surface area contributed by atoms with Gasteiger partial charge in [0, 0.05) is 18.6 Å². The number of hydrogen-bond donors (Lipinski definition) is 0. The zero-order valence-corrected chi connectivity index (χ0v) is 9.28. The summed E-state index contributed by atoms with van der Waals surface area (Å²) >= 11 is 1.35. The van der Waals surface area contributed by atoms with Gasteiger partial charge in [-0.05, 0) is 23.8 Å². The lowest BCUT2D eigenvalue weighted by Crippen LogP contribution is -1.99. The average molecular weight is 220 g/mol. The van der Waals surface area contributed by atoms with Crippen molar-refractivity contribution in [2.75, 3.05) is 6.26 Å². The molecule has 15 heavy (non-hydrogen) atoms. The zero-order valence-electron chi connectivity index (χ0n) is 8.46. The first-order chi connectivity index (χ1) is 7.38. The maximum absolute atomic E-state index is 5.29. The van der Waals surface area contributed by atoms with Gasteiger partial charge in [-0.3, -0.25) is 4.68 Å². The summed E-state index contributed by atoms with van der Waals surface area (Å²) in [4.78, 5) is 0. The Labute approximate surface area is 93.3 Å². The second-order valence-electron chi connectivity index (χ2n) is 3.10. The molecule has 3 nitrogen and oxygen atoms in total. The van der Waals surface area contributed by atoms with Crippen molar-refractivity contribution >= 4 is 12.0 Å². The van der Waals surface area contributed by atoms with E-state index in [0.29, 0.717) is 0 Å². The van der Waals surface area contributed by atoms with Crippen LogP contribution in [0.3, 0.4) is 0 Å². The Bertz CT molecular complexity index is 397. The summed E-state index contributed by atoms with van der Waals surface area (Å²) in [5.41, 5.74) is 1.21. The van der Waals surface area contributed by atoms with Gasteiger partial charge < -0.3 is 4.18 Å². The Morgan fingerprint density at radius 3 is 2.73 bits per heavy atom. The molecule has 0 N–H and O–H groups in total. The van der Waals surface area contributed by atoms with Crippen molar-refractivity contribution in [3.63, 3.8) is 0 Å². The van der Waals surface area contributed by atoms with Crippen molar-refractivity contribution in [2.45, 2.75) is 6.54 Å². The molecule has 2 aromatic rings. The first-order valence-corrected chi connectivity index (χ1v) is 5.80. The number of nitrogens with zero attached hydrogens (tertiary/aromatic N) is 2. The minimum Gasteiger partial charge on any atom is -0.426 e. The first-order valence-electron chi connectivity index (χ1n) is 4.65. The predicted octanol–water partition coefficient (Wildman–Crippen LogP) is 2.59. The SMILES string of the molecule is CSOc1ccc(Cn2cccn2)cc1. The fourth-order valence-corrected chi connectivity index (χ4v) is 1.63. The van der Waals surface area contributed by atoms with E-state index in [1.165, 1.54) is 17.6 Å². The molecule has 0 unspecified atom stereocenters. The molecule has 0 aliphatic rings. The third-order valence-corrected chi connectivity index (χ3v) is 2.37. The third-order valence-electron chi connectivity index (χ3n) is 2.01. The van der Waals surface area contributed by atoms with Crippen LogP contribution in [0.5, 0.6) is 5.75 Å². The van der Waals surface area contributed by atoms with Crippen LogP contribution in [0.1, 0.15) is 5.56 Å². The second kappa shape index (κ2) is 4.89. The van der Waals surface area contributed by atoms with Crippen LogP contribution in [0.2, 0.25) is 0 Å². The molecule has 2 rings (SSSR count). The molecule has 0 aliphatic carbocycles. The van der Waals surface area contributed by atoms with E-state index in [9.17, 15) is 0 Å². The molecular weight excluding hydrogens is 208 g/mol. The van der Waals surface area contributed by atoms with Crippen LogP contribution in [0.15, 0.2) is 42.7 Å². The maximum Gasteiger partial charge on any atom is 0.137 e. The average Bonchev–Trinajstić information content (AvgIpc) is 2.74. The Balaban J connectivity index is 2.04. The van der Waals surface area contributed by atoms with E-state index in [0.717, 1.165) is 12.3 Å². The Morgan fingerprint density at radius 2 is 2.13 bits per heavy atom. The van der Waals surface area contributed by atoms with Gasteiger partial charge >= 0.3 is 0 Å². The van der Waals surface area contributed by atoms with Gasteiger partial charge in [0.2, 0.25) is 0 Å². The van der Waals surface area contributed by atoms with E-state index in [2.05, 4.69) is 5.10 Å². The van der Waals surface area contributed by atoms with Gasteiger partial charge in [0.15, 0.2) is 0 Å². The van der Waals surface area contributed by atoms with Crippen LogP contribution in [-0.4, -0.2) is 16.0 Å². The smallest absolute Gasteiger partial charge is 0.137 e. The van der Waals surface area contributed by atoms with Crippen molar-refractivity contribution in [1.82, 2.24) is 9.78 Å². The quantitative estimate of drug-likeness (QED) is 0.741. The normalized spacial score (nSPS) is 10.2. The van der Waals surface area contributed by atoms with Gasteiger partial charge in [-0.25, -0.2) is 0 Å². The number of benzene rings is 1. The first kappa shape index (κ1) is 10.1. The summed E-state index contributed by atoms with van der Waals surface area (Å²) in [6.07, 6.45) is 5.63. The monoisotopic (exact) mass is 220 g/mol. The largest absolute Gasteiger partial charge is 0.426 e. The molecule has 0 radical (unpaired) electrons. The highest BCUT2D eigenvalue weighted by atomic mass is 32.2. The summed E-state index contributed by atoms with van der Waals surface area (Å²) in [6.45, 7) is 0.798. The van der Waals surface area contributed by atoms with E-state index in [4.69, 9.17) is 4.18 Å².